The lowest BCUT2D eigenvalue weighted by molar-refractivity contribution is 0.0854. The van der Waals surface area contributed by atoms with Crippen LogP contribution in [0, 0.1) is 5.82 Å². The van der Waals surface area contributed by atoms with E-state index in [9.17, 15) is 26.0 Å². The molecule has 144 valence electrons. The summed E-state index contributed by atoms with van der Waals surface area (Å²) in [6.45, 7) is 0.836. The molecule has 0 aliphatic carbocycles. The normalized spacial score (nSPS) is 25.3. The number of nitrogens with one attached hydrogen (secondary N) is 1. The minimum Gasteiger partial charge on any atom is -0.376 e. The number of halogens is 1. The van der Waals surface area contributed by atoms with Crippen molar-refractivity contribution in [3.63, 3.8) is 0 Å². The average molecular weight is 405 g/mol. The molecule has 2 fully saturated rings. The van der Waals surface area contributed by atoms with E-state index < -0.39 is 42.4 Å². The van der Waals surface area contributed by atoms with Crippen LogP contribution in [0.15, 0.2) is 23.1 Å². The van der Waals surface area contributed by atoms with Crippen molar-refractivity contribution >= 4 is 25.6 Å². The van der Waals surface area contributed by atoms with Gasteiger partial charge >= 0.3 is 0 Å². The SMILES string of the molecule is O=C(NC[C@@H]1CCCO1)c1cc(S(=O)(=O)[C@H]2CCS(=O)(=O)C2)ccc1F. The van der Waals surface area contributed by atoms with Crippen molar-refractivity contribution in [1.82, 2.24) is 5.32 Å². The van der Waals surface area contributed by atoms with Crippen LogP contribution in [0.3, 0.4) is 0 Å². The molecule has 26 heavy (non-hydrogen) atoms. The molecule has 7 nitrogen and oxygen atoms in total. The van der Waals surface area contributed by atoms with Gasteiger partial charge in [0.1, 0.15) is 5.82 Å². The molecule has 0 bridgehead atoms. The minimum absolute atomic E-state index is 0.00257. The predicted molar refractivity (Wildman–Crippen MR) is 92.0 cm³/mol. The van der Waals surface area contributed by atoms with Gasteiger partial charge in [0, 0.05) is 13.2 Å². The zero-order valence-electron chi connectivity index (χ0n) is 14.0. The minimum atomic E-state index is -3.96. The van der Waals surface area contributed by atoms with E-state index in [1.807, 2.05) is 0 Å². The number of amides is 1. The van der Waals surface area contributed by atoms with Crippen molar-refractivity contribution in [2.24, 2.45) is 0 Å². The lowest BCUT2D eigenvalue weighted by Gasteiger charge is -2.13. The molecule has 2 aliphatic rings. The van der Waals surface area contributed by atoms with E-state index in [2.05, 4.69) is 5.32 Å². The molecule has 0 saturated carbocycles. The van der Waals surface area contributed by atoms with Gasteiger partial charge in [0.15, 0.2) is 19.7 Å². The summed E-state index contributed by atoms with van der Waals surface area (Å²) < 4.78 is 67.8. The second-order valence-corrected chi connectivity index (χ2v) is 11.0. The summed E-state index contributed by atoms with van der Waals surface area (Å²) in [4.78, 5) is 12.0. The Morgan fingerprint density at radius 3 is 2.69 bits per heavy atom. The van der Waals surface area contributed by atoms with Gasteiger partial charge in [-0.25, -0.2) is 21.2 Å². The molecule has 1 aromatic rings. The van der Waals surface area contributed by atoms with Gasteiger partial charge in [-0.3, -0.25) is 4.79 Å². The highest BCUT2D eigenvalue weighted by Crippen LogP contribution is 2.26. The quantitative estimate of drug-likeness (QED) is 0.723. The van der Waals surface area contributed by atoms with Crippen molar-refractivity contribution < 1.29 is 30.8 Å². The predicted octanol–water partition coefficient (Wildman–Crippen LogP) is 0.695. The maximum Gasteiger partial charge on any atom is 0.254 e. The molecular formula is C16H20FNO6S2. The van der Waals surface area contributed by atoms with Crippen LogP contribution in [0.4, 0.5) is 4.39 Å². The second-order valence-electron chi connectivity index (χ2n) is 6.56. The smallest absolute Gasteiger partial charge is 0.254 e. The molecule has 3 rings (SSSR count). The molecule has 2 saturated heterocycles. The van der Waals surface area contributed by atoms with E-state index in [1.54, 1.807) is 0 Å². The van der Waals surface area contributed by atoms with E-state index in [1.165, 1.54) is 0 Å². The number of sulfone groups is 2. The third-order valence-corrected chi connectivity index (χ3v) is 8.82. The molecule has 2 atom stereocenters. The van der Waals surface area contributed by atoms with E-state index >= 15 is 0 Å². The third-order valence-electron chi connectivity index (χ3n) is 4.65. The molecule has 0 aromatic heterocycles. The van der Waals surface area contributed by atoms with Crippen molar-refractivity contribution in [3.05, 3.63) is 29.6 Å². The van der Waals surface area contributed by atoms with Gasteiger partial charge in [0.2, 0.25) is 0 Å². The summed E-state index contributed by atoms with van der Waals surface area (Å²) in [6, 6.07) is 2.95. The molecular weight excluding hydrogens is 385 g/mol. The van der Waals surface area contributed by atoms with Crippen LogP contribution < -0.4 is 5.32 Å². The number of benzene rings is 1. The first-order chi connectivity index (χ1) is 12.2. The Morgan fingerprint density at radius 2 is 2.08 bits per heavy atom. The number of hydrogen-bond acceptors (Lipinski definition) is 6. The van der Waals surface area contributed by atoms with Crippen LogP contribution >= 0.6 is 0 Å². The van der Waals surface area contributed by atoms with Crippen LogP contribution in [0.25, 0.3) is 0 Å². The molecule has 10 heteroatoms. The largest absolute Gasteiger partial charge is 0.376 e. The van der Waals surface area contributed by atoms with Gasteiger partial charge in [0.05, 0.1) is 33.3 Å². The molecule has 2 heterocycles. The third kappa shape index (κ3) is 4.07. The molecule has 1 aromatic carbocycles. The lowest BCUT2D eigenvalue weighted by atomic mass is 10.2. The Kier molecular flexibility index (Phi) is 5.36. The summed E-state index contributed by atoms with van der Waals surface area (Å²) >= 11 is 0. The maximum atomic E-state index is 14.0. The molecule has 2 aliphatic heterocycles. The number of rotatable bonds is 5. The molecule has 0 spiro atoms. The standard InChI is InChI=1S/C16H20FNO6S2/c17-15-4-3-12(26(22,23)13-5-7-25(20,21)10-13)8-14(15)16(19)18-9-11-2-1-6-24-11/h3-4,8,11,13H,1-2,5-7,9-10H2,(H,18,19)/t11-,13-/m0/s1. The topological polar surface area (TPSA) is 107 Å². The number of ether oxygens (including phenoxy) is 1. The molecule has 1 amide bonds. The Balaban J connectivity index is 1.79. The Labute approximate surface area is 151 Å². The Hall–Kier alpha value is -1.52. The Bertz CT molecular complexity index is 907. The molecule has 0 unspecified atom stereocenters. The van der Waals surface area contributed by atoms with Gasteiger partial charge < -0.3 is 10.1 Å². The summed E-state index contributed by atoms with van der Waals surface area (Å²) in [6.07, 6.45) is 1.57. The number of hydrogen-bond donors (Lipinski definition) is 1. The van der Waals surface area contributed by atoms with Crippen molar-refractivity contribution in [3.8, 4) is 0 Å². The van der Waals surface area contributed by atoms with Crippen LogP contribution in [0.5, 0.6) is 0 Å². The van der Waals surface area contributed by atoms with E-state index in [0.29, 0.717) is 6.61 Å². The van der Waals surface area contributed by atoms with Crippen LogP contribution in [-0.4, -0.2) is 58.8 Å². The van der Waals surface area contributed by atoms with Crippen LogP contribution in [0.1, 0.15) is 29.6 Å². The Morgan fingerprint density at radius 1 is 1.31 bits per heavy atom. The second kappa shape index (κ2) is 7.24. The zero-order chi connectivity index (χ0) is 18.9. The fourth-order valence-corrected chi connectivity index (χ4v) is 7.54. The summed E-state index contributed by atoms with van der Waals surface area (Å²) in [5.74, 6) is -2.21. The van der Waals surface area contributed by atoms with Gasteiger partial charge in [-0.15, -0.1) is 0 Å². The van der Waals surface area contributed by atoms with E-state index in [4.69, 9.17) is 4.74 Å². The highest BCUT2D eigenvalue weighted by molar-refractivity contribution is 7.96. The molecule has 1 N–H and O–H groups in total. The van der Waals surface area contributed by atoms with Crippen LogP contribution in [0.2, 0.25) is 0 Å². The first kappa shape index (κ1) is 19.2. The highest BCUT2D eigenvalue weighted by atomic mass is 32.2. The summed E-state index contributed by atoms with van der Waals surface area (Å²) in [5.41, 5.74) is -0.384. The summed E-state index contributed by atoms with van der Waals surface area (Å²) in [5, 5.41) is 1.48. The maximum absolute atomic E-state index is 14.0. The number of carbonyl (C=O) groups is 1. The van der Waals surface area contributed by atoms with E-state index in [-0.39, 0.29) is 35.3 Å². The van der Waals surface area contributed by atoms with Gasteiger partial charge in [-0.2, -0.15) is 0 Å². The molecule has 0 radical (unpaired) electrons. The average Bonchev–Trinajstić information content (AvgIpc) is 3.22. The zero-order valence-corrected chi connectivity index (χ0v) is 15.6. The van der Waals surface area contributed by atoms with Gasteiger partial charge in [-0.1, -0.05) is 0 Å². The monoisotopic (exact) mass is 405 g/mol. The fourth-order valence-electron chi connectivity index (χ4n) is 3.16. The van der Waals surface area contributed by atoms with Crippen molar-refractivity contribution in [2.75, 3.05) is 24.7 Å². The van der Waals surface area contributed by atoms with Crippen LogP contribution in [-0.2, 0) is 24.4 Å². The number of carbonyl (C=O) groups excluding carboxylic acids is 1. The van der Waals surface area contributed by atoms with Gasteiger partial charge in [0.25, 0.3) is 5.91 Å². The lowest BCUT2D eigenvalue weighted by Crippen LogP contribution is -2.32. The first-order valence-corrected chi connectivity index (χ1v) is 11.7. The highest BCUT2D eigenvalue weighted by Gasteiger charge is 2.38. The summed E-state index contributed by atoms with van der Waals surface area (Å²) in [7, 11) is -7.35. The first-order valence-electron chi connectivity index (χ1n) is 8.33. The van der Waals surface area contributed by atoms with Crippen molar-refractivity contribution in [2.45, 2.75) is 35.5 Å². The fraction of sp³-hybridized carbons (Fsp3) is 0.562. The van der Waals surface area contributed by atoms with Crippen molar-refractivity contribution in [1.29, 1.82) is 0 Å². The van der Waals surface area contributed by atoms with Gasteiger partial charge in [-0.05, 0) is 37.5 Å². The van der Waals surface area contributed by atoms with E-state index in [0.717, 1.165) is 31.0 Å².